The summed E-state index contributed by atoms with van der Waals surface area (Å²) in [6, 6.07) is 0. The fraction of sp³-hybridized carbons (Fsp3) is 0.914. The summed E-state index contributed by atoms with van der Waals surface area (Å²) in [4.78, 5) is 75.1. The second kappa shape index (κ2) is 23.3. The van der Waals surface area contributed by atoms with Crippen LogP contribution < -0.4 is 14.7 Å². The van der Waals surface area contributed by atoms with Gasteiger partial charge in [0, 0.05) is 38.6 Å². The van der Waals surface area contributed by atoms with Gasteiger partial charge in [-0.05, 0) is 60.1 Å². The van der Waals surface area contributed by atoms with Crippen molar-refractivity contribution in [3.05, 3.63) is 0 Å². The van der Waals surface area contributed by atoms with Crippen LogP contribution in [0.15, 0.2) is 0 Å². The highest BCUT2D eigenvalue weighted by Crippen LogP contribution is 2.48. The number of imide groups is 1. The summed E-state index contributed by atoms with van der Waals surface area (Å²) in [5.74, 6) is -0.00642. The van der Waals surface area contributed by atoms with Crippen LogP contribution in [0.5, 0.6) is 0 Å². The average Bonchev–Trinajstić information content (AvgIpc) is 3.84. The summed E-state index contributed by atoms with van der Waals surface area (Å²) in [6.45, 7) is 8.67. The number of Topliss-reactive ketones (excluding diaryl/α,β-unsaturated/α-hetero) is 1. The zero-order chi connectivity index (χ0) is 43.5. The number of unbranched alkanes of at least 4 members (excludes halogenated alkanes) is 3. The molecule has 342 valence electrons. The summed E-state index contributed by atoms with van der Waals surface area (Å²) in [5.41, 5.74) is 0. The molecule has 0 spiro atoms. The lowest BCUT2D eigenvalue weighted by atomic mass is 10.1. The van der Waals surface area contributed by atoms with E-state index in [2.05, 4.69) is 0 Å². The van der Waals surface area contributed by atoms with Crippen LogP contribution in [0.1, 0.15) is 99.3 Å². The smallest absolute Gasteiger partial charge is 0.268 e. The highest BCUT2D eigenvalue weighted by molar-refractivity contribution is 8.00. The average molecular weight is 923 g/mol. The molecule has 24 heteroatoms. The summed E-state index contributed by atoms with van der Waals surface area (Å²) in [5, 5.41) is -0.462. The monoisotopic (exact) mass is 922 g/mol. The molecule has 4 unspecified atom stereocenters. The first-order valence-corrected chi connectivity index (χ1v) is 25.5. The van der Waals surface area contributed by atoms with Crippen LogP contribution in [0, 0.1) is 0 Å². The molecule has 2 amide bonds. The minimum Gasteiger partial charge on any atom is -0.756 e. The summed E-state index contributed by atoms with van der Waals surface area (Å²) >= 11 is 1.39. The van der Waals surface area contributed by atoms with E-state index in [4.69, 9.17) is 46.1 Å². The quantitative estimate of drug-likeness (QED) is 0.0651. The number of nitrogens with zero attached hydrogens (tertiary/aromatic N) is 1. The van der Waals surface area contributed by atoms with Crippen LogP contribution >= 0.6 is 35.2 Å². The molecule has 4 fully saturated rings. The zero-order valence-electron chi connectivity index (χ0n) is 34.4. The van der Waals surface area contributed by atoms with Crippen molar-refractivity contribution in [2.45, 2.75) is 166 Å². The molecule has 59 heavy (non-hydrogen) atoms. The third-order valence-corrected chi connectivity index (χ3v) is 14.1. The topological polar surface area (TPSA) is 267 Å². The number of carbonyl (C=O) groups is 3. The Morgan fingerprint density at radius 2 is 1.22 bits per heavy atom. The van der Waals surface area contributed by atoms with Gasteiger partial charge in [-0.25, -0.2) is 0 Å². The van der Waals surface area contributed by atoms with E-state index < -0.39 is 84.7 Å². The molecular weight excluding hydrogens is 863 g/mol. The van der Waals surface area contributed by atoms with Crippen molar-refractivity contribution in [2.75, 3.05) is 38.7 Å². The number of ketones is 1. The summed E-state index contributed by atoms with van der Waals surface area (Å²) in [7, 11) is -14.8. The first-order chi connectivity index (χ1) is 27.6. The van der Waals surface area contributed by atoms with Crippen molar-refractivity contribution in [3.8, 4) is 0 Å². The van der Waals surface area contributed by atoms with Gasteiger partial charge >= 0.3 is 0 Å². The van der Waals surface area contributed by atoms with Gasteiger partial charge in [0.05, 0.1) is 74.4 Å². The molecule has 13 atom stereocenters. The van der Waals surface area contributed by atoms with Crippen molar-refractivity contribution in [3.63, 3.8) is 0 Å². The van der Waals surface area contributed by atoms with E-state index in [1.807, 2.05) is 20.8 Å². The summed E-state index contributed by atoms with van der Waals surface area (Å²) < 4.78 is 91.8. The Bertz CT molecular complexity index is 1540. The van der Waals surface area contributed by atoms with Crippen LogP contribution in [-0.2, 0) is 74.2 Å². The zero-order valence-corrected chi connectivity index (χ0v) is 37.9. The Balaban J connectivity index is 1.13. The Kier molecular flexibility index (Phi) is 20.1. The molecule has 4 aliphatic rings. The molecule has 0 aromatic carbocycles. The molecule has 0 bridgehead atoms. The number of rotatable bonds is 27. The van der Waals surface area contributed by atoms with Crippen molar-refractivity contribution < 1.29 is 88.8 Å². The van der Waals surface area contributed by atoms with Crippen molar-refractivity contribution in [1.29, 1.82) is 0 Å². The minimum absolute atomic E-state index is 0.0706. The number of hydrogen-bond donors (Lipinski definition) is 0. The van der Waals surface area contributed by atoms with E-state index in [9.17, 15) is 42.8 Å². The maximum Gasteiger partial charge on any atom is 0.268 e. The lowest BCUT2D eigenvalue weighted by Gasteiger charge is -2.32. The van der Waals surface area contributed by atoms with Gasteiger partial charge in [-0.15, -0.1) is 11.8 Å². The lowest BCUT2D eigenvalue weighted by molar-refractivity contribution is -0.238. The van der Waals surface area contributed by atoms with Gasteiger partial charge in [0.25, 0.3) is 23.5 Å². The second-order valence-corrected chi connectivity index (χ2v) is 21.0. The molecule has 4 aliphatic heterocycles. The normalized spacial score (nSPS) is 33.2. The van der Waals surface area contributed by atoms with Crippen molar-refractivity contribution >= 4 is 52.8 Å². The third-order valence-electron chi connectivity index (χ3n) is 9.82. The first-order valence-electron chi connectivity index (χ1n) is 20.1. The van der Waals surface area contributed by atoms with E-state index >= 15 is 0 Å². The Morgan fingerprint density at radius 1 is 0.746 bits per heavy atom. The molecule has 20 nitrogen and oxygen atoms in total. The highest BCUT2D eigenvalue weighted by Gasteiger charge is 2.42. The van der Waals surface area contributed by atoms with Gasteiger partial charge < -0.3 is 60.8 Å². The molecule has 0 aromatic rings. The van der Waals surface area contributed by atoms with E-state index in [0.29, 0.717) is 25.0 Å². The maximum atomic E-state index is 12.9. The number of ether oxygens (including phenoxy) is 4. The molecule has 0 radical (unpaired) electrons. The van der Waals surface area contributed by atoms with Crippen LogP contribution in [0.4, 0.5) is 0 Å². The van der Waals surface area contributed by atoms with Gasteiger partial charge in [0.1, 0.15) is 24.1 Å². The Morgan fingerprint density at radius 3 is 1.73 bits per heavy atom. The number of likely N-dealkylation sites (tertiary alicyclic amines) is 1. The molecule has 0 aliphatic carbocycles. The lowest BCUT2D eigenvalue weighted by Crippen LogP contribution is -2.34. The maximum absolute atomic E-state index is 12.9. The third kappa shape index (κ3) is 17.4. The molecule has 0 aromatic heterocycles. The number of phosphoric ester groups is 3. The molecule has 4 heterocycles. The SMILES string of the molecule is CC(=O)CCN1C(=O)CC(SCCCCCCOP(=O)([O-])OC[C@H]2O[C@@H](C)C[C@@H]2OP(=O)([O-])OC[C@H]2O[C@@H](C)C[C@@H]2OP(=O)([O-])OC[C@H]2O[C@@H](C)C[C@@H]2OC(C)C)C1=O. The predicted octanol–water partition coefficient (Wildman–Crippen LogP) is 2.95. The van der Waals surface area contributed by atoms with E-state index in [0.717, 1.165) is 17.7 Å². The van der Waals surface area contributed by atoms with E-state index in [1.54, 1.807) is 13.8 Å². The minimum atomic E-state index is -5.08. The Hall–Kier alpha value is -0.670. The van der Waals surface area contributed by atoms with Gasteiger partial charge in [-0.3, -0.25) is 33.0 Å². The van der Waals surface area contributed by atoms with Crippen LogP contribution in [-0.4, -0.2) is 128 Å². The van der Waals surface area contributed by atoms with Crippen molar-refractivity contribution in [1.82, 2.24) is 4.90 Å². The van der Waals surface area contributed by atoms with E-state index in [-0.39, 0.29) is 81.4 Å². The van der Waals surface area contributed by atoms with Gasteiger partial charge in [0.2, 0.25) is 11.8 Å². The Labute approximate surface area is 350 Å². The number of thioether (sulfide) groups is 1. The van der Waals surface area contributed by atoms with Crippen LogP contribution in [0.2, 0.25) is 0 Å². The molecular formula is C35H59NO19P3S-3. The fourth-order valence-corrected chi connectivity index (χ4v) is 10.9. The first kappa shape index (κ1) is 51.0. The number of hydrogen-bond acceptors (Lipinski definition) is 20. The second-order valence-electron chi connectivity index (χ2n) is 15.5. The van der Waals surface area contributed by atoms with Gasteiger partial charge in [-0.2, -0.15) is 0 Å². The van der Waals surface area contributed by atoms with Crippen LogP contribution in [0.3, 0.4) is 0 Å². The predicted molar refractivity (Wildman–Crippen MR) is 205 cm³/mol. The number of amides is 2. The standard InChI is InChI=1S/C35H62NO19P3S/c1-22(2)50-27-15-24(4)51-30(27)19-48-57(42,43)55-29-17-26(6)53-32(29)21-49-58(44,45)54-28-16-25(5)52-31(28)20-47-56(40,41)46-13-9-7-8-10-14-59-33-18-34(38)36(35(33)39)12-11-23(3)37/h22,24-33H,7-21H2,1-6H3,(H,40,41)(H,42,43)(H,44,45)/p-3/t24-,25-,26-,27-,28-,29-,30+,31+,32+,33?/m0/s1. The van der Waals surface area contributed by atoms with E-state index in [1.165, 1.54) is 18.7 Å². The molecule has 0 saturated carbocycles. The number of carbonyl (C=O) groups excluding carboxylic acids is 3. The van der Waals surface area contributed by atoms with Gasteiger partial charge in [0.15, 0.2) is 0 Å². The summed E-state index contributed by atoms with van der Waals surface area (Å²) in [6.07, 6.45) is -3.28. The largest absolute Gasteiger partial charge is 0.756 e. The number of phosphoric acid groups is 3. The highest BCUT2D eigenvalue weighted by atomic mass is 32.2. The molecule has 0 N–H and O–H groups in total. The van der Waals surface area contributed by atoms with Gasteiger partial charge in [-0.1, -0.05) is 12.8 Å². The fourth-order valence-electron chi connectivity index (χ4n) is 7.09. The van der Waals surface area contributed by atoms with Crippen molar-refractivity contribution in [2.24, 2.45) is 0 Å². The molecule has 4 rings (SSSR count). The van der Waals surface area contributed by atoms with Crippen LogP contribution in [0.25, 0.3) is 0 Å². The molecule has 4 saturated heterocycles.